The third-order valence-electron chi connectivity index (χ3n) is 2.70. The number of nitrogens with one attached hydrogen (secondary N) is 1. The quantitative estimate of drug-likeness (QED) is 0.882. The first kappa shape index (κ1) is 14.5. The molecule has 6 heteroatoms. The van der Waals surface area contributed by atoms with E-state index in [0.717, 1.165) is 12.1 Å². The lowest BCUT2D eigenvalue weighted by Crippen LogP contribution is -2.07. The molecule has 2 rings (SSSR count). The van der Waals surface area contributed by atoms with E-state index in [-0.39, 0.29) is 17.7 Å². The zero-order valence-corrected chi connectivity index (χ0v) is 11.7. The van der Waals surface area contributed by atoms with Gasteiger partial charge in [0.1, 0.15) is 11.6 Å². The van der Waals surface area contributed by atoms with Crippen molar-refractivity contribution in [1.29, 1.82) is 0 Å². The molecule has 0 unspecified atom stereocenters. The molecular weight excluding hydrogens is 332 g/mol. The Morgan fingerprint density at radius 2 is 1.95 bits per heavy atom. The zero-order chi connectivity index (χ0) is 14.7. The topological polar surface area (TPSA) is 49.3 Å². The summed E-state index contributed by atoms with van der Waals surface area (Å²) in [7, 11) is 0. The van der Waals surface area contributed by atoms with Crippen molar-refractivity contribution in [2.24, 2.45) is 0 Å². The van der Waals surface area contributed by atoms with Gasteiger partial charge in [-0.15, -0.1) is 0 Å². The lowest BCUT2D eigenvalue weighted by Gasteiger charge is -2.10. The fourth-order valence-electron chi connectivity index (χ4n) is 1.70. The molecule has 0 saturated heterocycles. The Hall–Kier alpha value is -1.95. The smallest absolute Gasteiger partial charge is 0.337 e. The standard InChI is InChI=1S/C14H10BrF2NO2/c15-9-2-4-13(11(5-9)14(19)20)18-7-8-1-3-10(16)6-12(8)17/h1-6,18H,7H2,(H,19,20). The van der Waals surface area contributed by atoms with Crippen LogP contribution in [0.15, 0.2) is 40.9 Å². The first-order chi connectivity index (χ1) is 9.47. The van der Waals surface area contributed by atoms with Crippen molar-refractivity contribution in [2.45, 2.75) is 6.54 Å². The van der Waals surface area contributed by atoms with E-state index in [1.165, 1.54) is 12.1 Å². The van der Waals surface area contributed by atoms with Crippen LogP contribution in [0.3, 0.4) is 0 Å². The highest BCUT2D eigenvalue weighted by Gasteiger charge is 2.11. The summed E-state index contributed by atoms with van der Waals surface area (Å²) in [5, 5.41) is 11.9. The zero-order valence-electron chi connectivity index (χ0n) is 10.2. The lowest BCUT2D eigenvalue weighted by atomic mass is 10.1. The number of carboxylic acids is 1. The Kier molecular flexibility index (Phi) is 4.34. The van der Waals surface area contributed by atoms with E-state index < -0.39 is 17.6 Å². The van der Waals surface area contributed by atoms with Crippen LogP contribution in [0.25, 0.3) is 0 Å². The van der Waals surface area contributed by atoms with Gasteiger partial charge in [0.15, 0.2) is 0 Å². The van der Waals surface area contributed by atoms with Gasteiger partial charge in [0.05, 0.1) is 5.56 Å². The number of anilines is 1. The van der Waals surface area contributed by atoms with Crippen molar-refractivity contribution in [3.05, 3.63) is 63.6 Å². The second-order valence-corrected chi connectivity index (χ2v) is 5.00. The molecule has 0 aromatic heterocycles. The highest BCUT2D eigenvalue weighted by Crippen LogP contribution is 2.22. The number of rotatable bonds is 4. The van der Waals surface area contributed by atoms with Gasteiger partial charge in [0.25, 0.3) is 0 Å². The van der Waals surface area contributed by atoms with E-state index in [4.69, 9.17) is 5.11 Å². The summed E-state index contributed by atoms with van der Waals surface area (Å²) < 4.78 is 26.9. The van der Waals surface area contributed by atoms with E-state index in [9.17, 15) is 13.6 Å². The van der Waals surface area contributed by atoms with Crippen molar-refractivity contribution in [1.82, 2.24) is 0 Å². The van der Waals surface area contributed by atoms with Crippen LogP contribution in [0, 0.1) is 11.6 Å². The lowest BCUT2D eigenvalue weighted by molar-refractivity contribution is 0.0698. The molecule has 104 valence electrons. The molecule has 0 aliphatic carbocycles. The average Bonchev–Trinajstić information content (AvgIpc) is 2.38. The number of aromatic carboxylic acids is 1. The van der Waals surface area contributed by atoms with Crippen LogP contribution in [0.5, 0.6) is 0 Å². The summed E-state index contributed by atoms with van der Waals surface area (Å²) in [5.41, 5.74) is 0.692. The minimum atomic E-state index is -1.09. The van der Waals surface area contributed by atoms with Crippen LogP contribution in [0.1, 0.15) is 15.9 Å². The number of benzene rings is 2. The van der Waals surface area contributed by atoms with Crippen LogP contribution in [-0.4, -0.2) is 11.1 Å². The Morgan fingerprint density at radius 3 is 2.60 bits per heavy atom. The maximum Gasteiger partial charge on any atom is 0.337 e. The average molecular weight is 342 g/mol. The van der Waals surface area contributed by atoms with Crippen molar-refractivity contribution >= 4 is 27.6 Å². The molecule has 2 aromatic carbocycles. The normalized spacial score (nSPS) is 10.3. The minimum absolute atomic E-state index is 0.0635. The molecular formula is C14H10BrF2NO2. The SMILES string of the molecule is O=C(O)c1cc(Br)ccc1NCc1ccc(F)cc1F. The molecule has 0 spiro atoms. The van der Waals surface area contributed by atoms with Crippen LogP contribution in [0.4, 0.5) is 14.5 Å². The molecule has 0 saturated carbocycles. The van der Waals surface area contributed by atoms with Crippen LogP contribution in [-0.2, 0) is 6.54 Å². The maximum absolute atomic E-state index is 13.5. The summed E-state index contributed by atoms with van der Waals surface area (Å²) in [5.74, 6) is -2.42. The van der Waals surface area contributed by atoms with Crippen LogP contribution in [0.2, 0.25) is 0 Å². The molecule has 2 N–H and O–H groups in total. The third-order valence-corrected chi connectivity index (χ3v) is 3.19. The van der Waals surface area contributed by atoms with Gasteiger partial charge in [-0.3, -0.25) is 0 Å². The van der Waals surface area contributed by atoms with Crippen molar-refractivity contribution in [3.8, 4) is 0 Å². The molecule has 0 aliphatic rings. The summed E-state index contributed by atoms with van der Waals surface area (Å²) in [6.45, 7) is 0.0635. The van der Waals surface area contributed by atoms with E-state index in [1.54, 1.807) is 12.1 Å². The van der Waals surface area contributed by atoms with Crippen molar-refractivity contribution < 1.29 is 18.7 Å². The molecule has 0 heterocycles. The molecule has 0 radical (unpaired) electrons. The number of carboxylic acid groups (broad SMARTS) is 1. The monoisotopic (exact) mass is 341 g/mol. The summed E-state index contributed by atoms with van der Waals surface area (Å²) in [6.07, 6.45) is 0. The first-order valence-electron chi connectivity index (χ1n) is 5.68. The van der Waals surface area contributed by atoms with Gasteiger partial charge in [-0.25, -0.2) is 13.6 Å². The third kappa shape index (κ3) is 3.33. The minimum Gasteiger partial charge on any atom is -0.478 e. The van der Waals surface area contributed by atoms with Gasteiger partial charge >= 0.3 is 5.97 Å². The summed E-state index contributed by atoms with van der Waals surface area (Å²) in [4.78, 5) is 11.1. The van der Waals surface area contributed by atoms with Gasteiger partial charge in [0, 0.05) is 28.3 Å². The van der Waals surface area contributed by atoms with Gasteiger partial charge in [-0.1, -0.05) is 22.0 Å². The van der Waals surface area contributed by atoms with Crippen LogP contribution < -0.4 is 5.32 Å². The van der Waals surface area contributed by atoms with Gasteiger partial charge in [0.2, 0.25) is 0 Å². The maximum atomic E-state index is 13.5. The fourth-order valence-corrected chi connectivity index (χ4v) is 2.06. The van der Waals surface area contributed by atoms with E-state index in [0.29, 0.717) is 10.2 Å². The second-order valence-electron chi connectivity index (χ2n) is 4.08. The van der Waals surface area contributed by atoms with Crippen LogP contribution >= 0.6 is 15.9 Å². The highest BCUT2D eigenvalue weighted by molar-refractivity contribution is 9.10. The summed E-state index contributed by atoms with van der Waals surface area (Å²) >= 11 is 3.19. The largest absolute Gasteiger partial charge is 0.478 e. The fraction of sp³-hybridized carbons (Fsp3) is 0.0714. The predicted octanol–water partition coefficient (Wildman–Crippen LogP) is 4.04. The number of carbonyl (C=O) groups is 1. The van der Waals surface area contributed by atoms with Gasteiger partial charge in [-0.05, 0) is 24.3 Å². The molecule has 0 fully saturated rings. The van der Waals surface area contributed by atoms with E-state index in [1.807, 2.05) is 0 Å². The second kappa shape index (κ2) is 6.00. The number of hydrogen-bond donors (Lipinski definition) is 2. The van der Waals surface area contributed by atoms with Gasteiger partial charge in [-0.2, -0.15) is 0 Å². The molecule has 3 nitrogen and oxygen atoms in total. The van der Waals surface area contributed by atoms with Gasteiger partial charge < -0.3 is 10.4 Å². The molecule has 0 aliphatic heterocycles. The Balaban J connectivity index is 2.20. The molecule has 0 atom stereocenters. The molecule has 0 bridgehead atoms. The number of hydrogen-bond acceptors (Lipinski definition) is 2. The summed E-state index contributed by atoms with van der Waals surface area (Å²) in [6, 6.07) is 7.96. The van der Waals surface area contributed by atoms with E-state index in [2.05, 4.69) is 21.2 Å². The van der Waals surface area contributed by atoms with Crippen molar-refractivity contribution in [3.63, 3.8) is 0 Å². The Labute approximate surface area is 122 Å². The first-order valence-corrected chi connectivity index (χ1v) is 6.47. The van der Waals surface area contributed by atoms with E-state index >= 15 is 0 Å². The molecule has 0 amide bonds. The predicted molar refractivity (Wildman–Crippen MR) is 74.8 cm³/mol. The molecule has 2 aromatic rings. The van der Waals surface area contributed by atoms with Crippen molar-refractivity contribution in [2.75, 3.05) is 5.32 Å². The Morgan fingerprint density at radius 1 is 1.20 bits per heavy atom. The molecule has 20 heavy (non-hydrogen) atoms. The highest BCUT2D eigenvalue weighted by atomic mass is 79.9. The Bertz CT molecular complexity index is 662. The number of halogens is 3.